The lowest BCUT2D eigenvalue weighted by atomic mass is 9.88. The number of aryl methyl sites for hydroxylation is 3. The molecule has 1 aliphatic carbocycles. The molecule has 0 N–H and O–H groups in total. The van der Waals surface area contributed by atoms with Crippen LogP contribution in [0.2, 0.25) is 0 Å². The summed E-state index contributed by atoms with van der Waals surface area (Å²) in [7, 11) is 0. The molecule has 1 aromatic heterocycles. The van der Waals surface area contributed by atoms with Crippen LogP contribution >= 0.6 is 0 Å². The highest BCUT2D eigenvalue weighted by Crippen LogP contribution is 2.34. The van der Waals surface area contributed by atoms with Gasteiger partial charge in [0.25, 0.3) is 0 Å². The molecule has 0 unspecified atom stereocenters. The molecule has 0 saturated heterocycles. The maximum absolute atomic E-state index is 12.3. The highest BCUT2D eigenvalue weighted by Gasteiger charge is 2.17. The fourth-order valence-corrected chi connectivity index (χ4v) is 4.62. The predicted molar refractivity (Wildman–Crippen MR) is 145 cm³/mol. The third-order valence-corrected chi connectivity index (χ3v) is 6.36. The predicted octanol–water partition coefficient (Wildman–Crippen LogP) is 7.04. The Hall–Kier alpha value is -3.91. The van der Waals surface area contributed by atoms with Crippen molar-refractivity contribution in [3.8, 4) is 22.9 Å². The van der Waals surface area contributed by atoms with Crippen LogP contribution in [-0.2, 0) is 29.0 Å². The van der Waals surface area contributed by atoms with Crippen LogP contribution in [0.25, 0.3) is 11.1 Å². The maximum Gasteiger partial charge on any atom is 0.331 e. The Balaban J connectivity index is 1.58. The van der Waals surface area contributed by atoms with Gasteiger partial charge in [-0.05, 0) is 112 Å². The zero-order valence-electron chi connectivity index (χ0n) is 22.1. The van der Waals surface area contributed by atoms with Gasteiger partial charge in [-0.3, -0.25) is 4.98 Å². The summed E-state index contributed by atoms with van der Waals surface area (Å²) in [5.41, 5.74) is 7.72. The normalized spacial score (nSPS) is 14.7. The standard InChI is InChI=1S/C32H34N2O3/c1-22-14-15-34-28(16-22)21-36-30-13-9-24(20-33)17-29(30)27-12-11-25-7-5-6-23(8-10-26(25)19-27)18-31(35)37-32(2,3)4/h9,11-19H,5-8,10,21H2,1-4H3/b23-18-. The fourth-order valence-electron chi connectivity index (χ4n) is 4.62. The van der Waals surface area contributed by atoms with E-state index in [1.54, 1.807) is 18.3 Å². The van der Waals surface area contributed by atoms with Gasteiger partial charge in [0.1, 0.15) is 18.0 Å². The van der Waals surface area contributed by atoms with E-state index in [1.807, 2.05) is 52.0 Å². The number of nitrogens with zero attached hydrogens (tertiary/aromatic N) is 2. The van der Waals surface area contributed by atoms with Crippen LogP contribution in [0.3, 0.4) is 0 Å². The number of allylic oxidation sites excluding steroid dienone is 1. The molecule has 1 aliphatic rings. The van der Waals surface area contributed by atoms with Crippen molar-refractivity contribution in [1.82, 2.24) is 4.98 Å². The van der Waals surface area contributed by atoms with Gasteiger partial charge in [-0.2, -0.15) is 5.26 Å². The van der Waals surface area contributed by atoms with Crippen LogP contribution in [0.5, 0.6) is 5.75 Å². The van der Waals surface area contributed by atoms with E-state index in [4.69, 9.17) is 9.47 Å². The lowest BCUT2D eigenvalue weighted by Crippen LogP contribution is -2.22. The Morgan fingerprint density at radius 1 is 1.03 bits per heavy atom. The van der Waals surface area contributed by atoms with E-state index in [9.17, 15) is 10.1 Å². The van der Waals surface area contributed by atoms with E-state index >= 15 is 0 Å². The van der Waals surface area contributed by atoms with Gasteiger partial charge >= 0.3 is 5.97 Å². The summed E-state index contributed by atoms with van der Waals surface area (Å²) in [5.74, 6) is 0.453. The van der Waals surface area contributed by atoms with Gasteiger partial charge in [0.2, 0.25) is 0 Å². The summed E-state index contributed by atoms with van der Waals surface area (Å²) in [6, 6.07) is 18.3. The molecule has 0 saturated carbocycles. The minimum atomic E-state index is -0.496. The van der Waals surface area contributed by atoms with Gasteiger partial charge in [0.05, 0.1) is 17.3 Å². The number of carbonyl (C=O) groups is 1. The Morgan fingerprint density at radius 2 is 1.86 bits per heavy atom. The lowest BCUT2D eigenvalue weighted by Gasteiger charge is -2.20. The number of hydrogen-bond acceptors (Lipinski definition) is 5. The molecule has 4 rings (SSSR count). The maximum atomic E-state index is 12.3. The lowest BCUT2D eigenvalue weighted by molar-refractivity contribution is -0.148. The van der Waals surface area contributed by atoms with Crippen molar-refractivity contribution < 1.29 is 14.3 Å². The summed E-state index contributed by atoms with van der Waals surface area (Å²) < 4.78 is 11.7. The molecule has 5 heteroatoms. The van der Waals surface area contributed by atoms with Crippen LogP contribution in [0, 0.1) is 18.3 Å². The summed E-state index contributed by atoms with van der Waals surface area (Å²) in [4.78, 5) is 16.7. The van der Waals surface area contributed by atoms with Crippen molar-refractivity contribution in [3.63, 3.8) is 0 Å². The molecule has 0 spiro atoms. The summed E-state index contributed by atoms with van der Waals surface area (Å²) in [6.45, 7) is 8.04. The van der Waals surface area contributed by atoms with Crippen molar-refractivity contribution in [3.05, 3.63) is 94.3 Å². The number of carbonyl (C=O) groups excluding carboxylic acids is 1. The third-order valence-electron chi connectivity index (χ3n) is 6.36. The van der Waals surface area contributed by atoms with Crippen molar-refractivity contribution in [2.45, 2.75) is 72.0 Å². The summed E-state index contributed by atoms with van der Waals surface area (Å²) >= 11 is 0. The van der Waals surface area contributed by atoms with Crippen molar-refractivity contribution >= 4 is 5.97 Å². The summed E-state index contributed by atoms with van der Waals surface area (Å²) in [6.07, 6.45) is 7.98. The number of rotatable bonds is 5. The molecule has 0 fully saturated rings. The Labute approximate surface area is 219 Å². The van der Waals surface area contributed by atoms with Crippen LogP contribution in [0.1, 0.15) is 68.0 Å². The molecule has 5 nitrogen and oxygen atoms in total. The van der Waals surface area contributed by atoms with Gasteiger partial charge in [-0.1, -0.05) is 23.8 Å². The minimum absolute atomic E-state index is 0.268. The number of fused-ring (bicyclic) bond motifs is 1. The first kappa shape index (κ1) is 26.2. The van der Waals surface area contributed by atoms with Crippen molar-refractivity contribution in [1.29, 1.82) is 5.26 Å². The van der Waals surface area contributed by atoms with E-state index in [1.165, 1.54) is 11.1 Å². The highest BCUT2D eigenvalue weighted by atomic mass is 16.6. The average molecular weight is 495 g/mol. The van der Waals surface area contributed by atoms with Gasteiger partial charge < -0.3 is 9.47 Å². The SMILES string of the molecule is Cc1ccnc(COc2ccc(C#N)cc2-c2ccc3c(c2)CC/C(=C\C(=O)OC(C)(C)C)CCC3)c1. The first-order valence-electron chi connectivity index (χ1n) is 12.8. The summed E-state index contributed by atoms with van der Waals surface area (Å²) in [5, 5.41) is 9.53. The second-order valence-electron chi connectivity index (χ2n) is 10.6. The zero-order valence-corrected chi connectivity index (χ0v) is 22.1. The largest absolute Gasteiger partial charge is 0.487 e. The Kier molecular flexibility index (Phi) is 8.08. The van der Waals surface area contributed by atoms with Crippen LogP contribution in [0.4, 0.5) is 0 Å². The molecule has 0 bridgehead atoms. The Bertz CT molecular complexity index is 1360. The number of benzene rings is 2. The number of pyridine rings is 1. The smallest absolute Gasteiger partial charge is 0.331 e. The van der Waals surface area contributed by atoms with E-state index in [-0.39, 0.29) is 5.97 Å². The van der Waals surface area contributed by atoms with Crippen molar-refractivity contribution in [2.75, 3.05) is 0 Å². The van der Waals surface area contributed by atoms with Crippen molar-refractivity contribution in [2.24, 2.45) is 0 Å². The third kappa shape index (κ3) is 7.30. The number of nitriles is 1. The van der Waals surface area contributed by atoms with Gasteiger partial charge in [-0.15, -0.1) is 0 Å². The molecular formula is C32H34N2O3. The van der Waals surface area contributed by atoms with Crippen LogP contribution < -0.4 is 4.74 Å². The molecule has 0 amide bonds. The Morgan fingerprint density at radius 3 is 2.62 bits per heavy atom. The molecule has 0 radical (unpaired) electrons. The first-order chi connectivity index (χ1) is 17.7. The number of ether oxygens (including phenoxy) is 2. The van der Waals surface area contributed by atoms with Gasteiger partial charge in [0.15, 0.2) is 0 Å². The second-order valence-corrected chi connectivity index (χ2v) is 10.6. The molecule has 190 valence electrons. The van der Waals surface area contributed by atoms with Gasteiger partial charge in [-0.25, -0.2) is 4.79 Å². The number of aromatic nitrogens is 1. The van der Waals surface area contributed by atoms with Crippen LogP contribution in [-0.4, -0.2) is 16.6 Å². The monoisotopic (exact) mass is 494 g/mol. The first-order valence-corrected chi connectivity index (χ1v) is 12.8. The van der Waals surface area contributed by atoms with Crippen LogP contribution in [0.15, 0.2) is 66.4 Å². The molecule has 37 heavy (non-hydrogen) atoms. The topological polar surface area (TPSA) is 72.2 Å². The second kappa shape index (κ2) is 11.4. The molecule has 3 aromatic rings. The average Bonchev–Trinajstić information content (AvgIpc) is 2.83. The molecule has 2 aromatic carbocycles. The minimum Gasteiger partial charge on any atom is -0.487 e. The molecular weight excluding hydrogens is 460 g/mol. The van der Waals surface area contributed by atoms with E-state index in [0.29, 0.717) is 12.2 Å². The van der Waals surface area contributed by atoms with E-state index in [2.05, 4.69) is 29.3 Å². The molecule has 0 aliphatic heterocycles. The molecule has 1 heterocycles. The highest BCUT2D eigenvalue weighted by molar-refractivity contribution is 5.83. The van der Waals surface area contributed by atoms with E-state index < -0.39 is 5.60 Å². The van der Waals surface area contributed by atoms with E-state index in [0.717, 1.165) is 65.8 Å². The number of hydrogen-bond donors (Lipinski definition) is 0. The fraction of sp³-hybridized carbons (Fsp3) is 0.344. The molecule has 0 atom stereocenters. The quantitative estimate of drug-likeness (QED) is 0.281. The zero-order chi connectivity index (χ0) is 26.4. The van der Waals surface area contributed by atoms with Gasteiger partial charge in [0, 0.05) is 17.8 Å². The number of esters is 1.